The molecule has 11 aromatic carbocycles. The highest BCUT2D eigenvalue weighted by atomic mass is 15.0. The van der Waals surface area contributed by atoms with Crippen LogP contribution in [0.2, 0.25) is 0 Å². The largest absolute Gasteiger partial charge is 0.309 e. The van der Waals surface area contributed by atoms with Crippen LogP contribution in [0.5, 0.6) is 0 Å². The molecule has 0 bridgehead atoms. The number of aromatic nitrogens is 2. The zero-order valence-corrected chi connectivity index (χ0v) is 37.3. The molecule has 0 unspecified atom stereocenters. The lowest BCUT2D eigenvalue weighted by Gasteiger charge is -2.13. The second-order valence-corrected chi connectivity index (χ2v) is 17.7. The van der Waals surface area contributed by atoms with Gasteiger partial charge in [0.05, 0.1) is 22.1 Å². The quantitative estimate of drug-likeness (QED) is 0.144. The molecule has 0 N–H and O–H groups in total. The summed E-state index contributed by atoms with van der Waals surface area (Å²) < 4.78 is 4.89. The Morgan fingerprint density at radius 2 is 0.559 bits per heavy atom. The Morgan fingerprint density at radius 3 is 1.09 bits per heavy atom. The zero-order valence-electron chi connectivity index (χ0n) is 37.3. The van der Waals surface area contributed by atoms with Gasteiger partial charge in [0.2, 0.25) is 0 Å². The third kappa shape index (κ3) is 6.82. The van der Waals surface area contributed by atoms with Gasteiger partial charge >= 0.3 is 0 Å². The van der Waals surface area contributed by atoms with E-state index in [0.29, 0.717) is 0 Å². The molecule has 13 aromatic rings. The van der Waals surface area contributed by atoms with Crippen molar-refractivity contribution in [1.82, 2.24) is 9.13 Å². The molecule has 2 nitrogen and oxygen atoms in total. The van der Waals surface area contributed by atoms with Crippen molar-refractivity contribution in [3.05, 3.63) is 267 Å². The second-order valence-electron chi connectivity index (χ2n) is 17.7. The lowest BCUT2D eigenvalue weighted by molar-refractivity contribution is 1.17. The Bertz CT molecular complexity index is 4000. The Kier molecular flexibility index (Phi) is 9.54. The van der Waals surface area contributed by atoms with Gasteiger partial charge in [0.1, 0.15) is 0 Å². The first-order chi connectivity index (χ1) is 33.7. The maximum Gasteiger partial charge on any atom is 0.0641 e. The van der Waals surface area contributed by atoms with E-state index in [1.54, 1.807) is 0 Å². The summed E-state index contributed by atoms with van der Waals surface area (Å²) in [4.78, 5) is 0. The standard InChI is InChI=1S/C66H44N2/c1-3-16-45(17-4-1)48-18-11-21-51(40-48)53-23-14-24-54(43-53)52-22-12-19-49(41-52)46-34-36-47(37-35-46)50-20-13-25-55(42-50)56-26-15-29-58(44-56)68-62-32-9-7-30-59(62)60-38-39-64-65(66(60)68)61-31-8-10-33-63(61)67(64)57-27-5-2-6-28-57/h1-44H. The molecule has 13 rings (SSSR count). The minimum absolute atomic E-state index is 1.14. The van der Waals surface area contributed by atoms with Crippen LogP contribution in [0, 0.1) is 0 Å². The van der Waals surface area contributed by atoms with Crippen molar-refractivity contribution in [3.8, 4) is 78.1 Å². The minimum atomic E-state index is 1.14. The van der Waals surface area contributed by atoms with Crippen LogP contribution in [0.15, 0.2) is 267 Å². The van der Waals surface area contributed by atoms with E-state index in [1.807, 2.05) is 0 Å². The van der Waals surface area contributed by atoms with E-state index < -0.39 is 0 Å². The Hall–Kier alpha value is -8.98. The maximum atomic E-state index is 2.48. The van der Waals surface area contributed by atoms with Crippen LogP contribution >= 0.6 is 0 Å². The van der Waals surface area contributed by atoms with Gasteiger partial charge in [0.15, 0.2) is 0 Å². The van der Waals surface area contributed by atoms with Crippen LogP contribution < -0.4 is 0 Å². The van der Waals surface area contributed by atoms with E-state index >= 15 is 0 Å². The summed E-state index contributed by atoms with van der Waals surface area (Å²) in [7, 11) is 0. The Morgan fingerprint density at radius 1 is 0.191 bits per heavy atom. The molecule has 318 valence electrons. The maximum absolute atomic E-state index is 2.48. The summed E-state index contributed by atoms with van der Waals surface area (Å²) in [5.74, 6) is 0. The van der Waals surface area contributed by atoms with Crippen LogP contribution in [-0.2, 0) is 0 Å². The molecule has 0 aliphatic rings. The molecule has 2 heterocycles. The topological polar surface area (TPSA) is 9.86 Å². The van der Waals surface area contributed by atoms with E-state index in [1.165, 1.54) is 110 Å². The molecule has 2 aromatic heterocycles. The predicted molar refractivity (Wildman–Crippen MR) is 288 cm³/mol. The first kappa shape index (κ1) is 39.4. The normalized spacial score (nSPS) is 11.5. The average molecular weight is 865 g/mol. The van der Waals surface area contributed by atoms with E-state index in [4.69, 9.17) is 0 Å². The molecule has 0 aliphatic carbocycles. The summed E-state index contributed by atoms with van der Waals surface area (Å²) in [5, 5.41) is 5.01. The fourth-order valence-electron chi connectivity index (χ4n) is 10.5. The highest BCUT2D eigenvalue weighted by Gasteiger charge is 2.21. The number of hydrogen-bond acceptors (Lipinski definition) is 0. The molecular weight excluding hydrogens is 821 g/mol. The fraction of sp³-hybridized carbons (Fsp3) is 0. The molecule has 0 saturated heterocycles. The number of nitrogens with zero attached hydrogens (tertiary/aromatic N) is 2. The van der Waals surface area contributed by atoms with Crippen molar-refractivity contribution in [2.24, 2.45) is 0 Å². The van der Waals surface area contributed by atoms with Crippen molar-refractivity contribution in [2.75, 3.05) is 0 Å². The lowest BCUT2D eigenvalue weighted by atomic mass is 9.94. The van der Waals surface area contributed by atoms with Gasteiger partial charge in [-0.1, -0.05) is 200 Å². The molecule has 0 radical (unpaired) electrons. The summed E-state index contributed by atoms with van der Waals surface area (Å²) in [6.07, 6.45) is 0. The molecule has 0 amide bonds. The van der Waals surface area contributed by atoms with Crippen LogP contribution in [0.1, 0.15) is 0 Å². The fourth-order valence-corrected chi connectivity index (χ4v) is 10.5. The summed E-state index contributed by atoms with van der Waals surface area (Å²) in [6.45, 7) is 0. The SMILES string of the molecule is c1ccc(-c2cccc(-c3cccc(-c4cccc(-c5ccc(-c6cccc(-c7cccc(-n8c9ccccc9c9ccc%10c(c%11ccccc%11n%10-c%10ccccc%10)c98)c7)c6)cc5)c4)c3)c2)cc1. The van der Waals surface area contributed by atoms with E-state index in [-0.39, 0.29) is 0 Å². The molecule has 0 spiro atoms. The third-order valence-corrected chi connectivity index (χ3v) is 13.7. The Labute approximate surface area is 395 Å². The first-order valence-electron chi connectivity index (χ1n) is 23.4. The van der Waals surface area contributed by atoms with Gasteiger partial charge in [-0.2, -0.15) is 0 Å². The highest BCUT2D eigenvalue weighted by Crippen LogP contribution is 2.43. The van der Waals surface area contributed by atoms with E-state index in [9.17, 15) is 0 Å². The van der Waals surface area contributed by atoms with Gasteiger partial charge in [-0.25, -0.2) is 0 Å². The van der Waals surface area contributed by atoms with Gasteiger partial charge in [-0.3, -0.25) is 0 Å². The third-order valence-electron chi connectivity index (χ3n) is 13.7. The average Bonchev–Trinajstić information content (AvgIpc) is 3.95. The number of fused-ring (bicyclic) bond motifs is 7. The monoisotopic (exact) mass is 864 g/mol. The summed E-state index contributed by atoms with van der Waals surface area (Å²) >= 11 is 0. The molecule has 0 aliphatic heterocycles. The van der Waals surface area contributed by atoms with E-state index in [0.717, 1.165) is 11.4 Å². The Balaban J connectivity index is 0.829. The van der Waals surface area contributed by atoms with Gasteiger partial charge in [0, 0.05) is 32.9 Å². The van der Waals surface area contributed by atoms with Crippen LogP contribution in [0.3, 0.4) is 0 Å². The highest BCUT2D eigenvalue weighted by molar-refractivity contribution is 6.26. The first-order valence-corrected chi connectivity index (χ1v) is 23.4. The van der Waals surface area contributed by atoms with Crippen molar-refractivity contribution < 1.29 is 0 Å². The van der Waals surface area contributed by atoms with Crippen molar-refractivity contribution in [2.45, 2.75) is 0 Å². The van der Waals surface area contributed by atoms with Gasteiger partial charge < -0.3 is 9.13 Å². The molecule has 0 fully saturated rings. The molecular formula is C66H44N2. The summed E-state index contributed by atoms with van der Waals surface area (Å²) in [5.41, 5.74) is 21.5. The smallest absolute Gasteiger partial charge is 0.0641 e. The van der Waals surface area contributed by atoms with Crippen LogP contribution in [0.25, 0.3) is 122 Å². The number of para-hydroxylation sites is 3. The van der Waals surface area contributed by atoms with E-state index in [2.05, 4.69) is 276 Å². The van der Waals surface area contributed by atoms with Crippen molar-refractivity contribution in [3.63, 3.8) is 0 Å². The molecule has 68 heavy (non-hydrogen) atoms. The molecule has 0 atom stereocenters. The van der Waals surface area contributed by atoms with Gasteiger partial charge in [-0.05, 0) is 133 Å². The van der Waals surface area contributed by atoms with Gasteiger partial charge in [-0.15, -0.1) is 0 Å². The number of rotatable bonds is 8. The predicted octanol–water partition coefficient (Wildman–Crippen LogP) is 17.9. The lowest BCUT2D eigenvalue weighted by Crippen LogP contribution is -1.96. The number of hydrogen-bond donors (Lipinski definition) is 0. The summed E-state index contributed by atoms with van der Waals surface area (Å²) in [6, 6.07) is 97.3. The zero-order chi connectivity index (χ0) is 45.0. The minimum Gasteiger partial charge on any atom is -0.309 e. The van der Waals surface area contributed by atoms with Crippen molar-refractivity contribution >= 4 is 43.6 Å². The molecule has 2 heteroatoms. The van der Waals surface area contributed by atoms with Crippen LogP contribution in [-0.4, -0.2) is 9.13 Å². The molecule has 0 saturated carbocycles. The van der Waals surface area contributed by atoms with Crippen LogP contribution in [0.4, 0.5) is 0 Å². The number of benzene rings is 11. The van der Waals surface area contributed by atoms with Gasteiger partial charge in [0.25, 0.3) is 0 Å². The van der Waals surface area contributed by atoms with Crippen molar-refractivity contribution in [1.29, 1.82) is 0 Å². The second kappa shape index (κ2) is 16.5.